The van der Waals surface area contributed by atoms with Crippen molar-refractivity contribution in [3.63, 3.8) is 0 Å². The quantitative estimate of drug-likeness (QED) is 0.424. The summed E-state index contributed by atoms with van der Waals surface area (Å²) in [7, 11) is 2.00. The fraction of sp³-hybridized carbons (Fsp3) is 1.00. The first-order valence-electron chi connectivity index (χ1n) is 3.70. The highest BCUT2D eigenvalue weighted by molar-refractivity contribution is 7.23. The molecule has 0 N–H and O–H groups in total. The van der Waals surface area contributed by atoms with Crippen molar-refractivity contribution in [2.75, 3.05) is 19.9 Å². The van der Waals surface area contributed by atoms with Gasteiger partial charge in [0.25, 0.3) is 0 Å². The topological polar surface area (TPSA) is 26.3 Å². The Labute approximate surface area is 64.2 Å². The van der Waals surface area contributed by atoms with E-state index in [1.165, 1.54) is 12.8 Å². The van der Waals surface area contributed by atoms with E-state index in [-0.39, 0.29) is 8.46 Å². The minimum absolute atomic E-state index is 0.286. The van der Waals surface area contributed by atoms with Crippen molar-refractivity contribution in [1.82, 2.24) is 0 Å². The van der Waals surface area contributed by atoms with E-state index in [1.807, 2.05) is 0 Å². The summed E-state index contributed by atoms with van der Waals surface area (Å²) in [4.78, 5) is 0. The lowest BCUT2D eigenvalue weighted by Crippen LogP contribution is -1.88. The van der Waals surface area contributed by atoms with E-state index >= 15 is 0 Å². The smallest absolute Gasteiger partial charge is 0.155 e. The first-order chi connectivity index (χ1) is 4.91. The summed E-state index contributed by atoms with van der Waals surface area (Å²) in [6.07, 6.45) is 5.40. The van der Waals surface area contributed by atoms with Crippen LogP contribution in [0.15, 0.2) is 0 Å². The molecule has 0 fully saturated rings. The maximum Gasteiger partial charge on any atom is 0.155 e. The lowest BCUT2D eigenvalue weighted by atomic mass is 10.2. The van der Waals surface area contributed by atoms with Crippen LogP contribution in [-0.4, -0.2) is 19.9 Å². The summed E-state index contributed by atoms with van der Waals surface area (Å²) in [5, 5.41) is 0. The van der Waals surface area contributed by atoms with Gasteiger partial charge in [0.1, 0.15) is 0 Å². The fourth-order valence-electron chi connectivity index (χ4n) is 0.776. The van der Waals surface area contributed by atoms with Crippen LogP contribution in [0.25, 0.3) is 0 Å². The molecule has 0 saturated carbocycles. The molecular weight excluding hydrogens is 147 g/mol. The number of hydrogen-bond acceptors (Lipinski definition) is 2. The second kappa shape index (κ2) is 9.06. The Morgan fingerprint density at radius 3 is 2.50 bits per heavy atom. The second-order valence-corrected chi connectivity index (χ2v) is 2.97. The number of ether oxygens (including phenoxy) is 1. The van der Waals surface area contributed by atoms with E-state index in [4.69, 9.17) is 4.74 Å². The molecule has 0 saturated heterocycles. The molecule has 0 rings (SSSR count). The van der Waals surface area contributed by atoms with E-state index in [0.717, 1.165) is 25.6 Å². The molecule has 2 nitrogen and oxygen atoms in total. The van der Waals surface area contributed by atoms with Crippen molar-refractivity contribution in [3.8, 4) is 0 Å². The lowest BCUT2D eigenvalue weighted by molar-refractivity contribution is 0.192. The largest absolute Gasteiger partial charge is 0.385 e. The zero-order valence-corrected chi connectivity index (χ0v) is 7.40. The Morgan fingerprint density at radius 1 is 1.20 bits per heavy atom. The van der Waals surface area contributed by atoms with Crippen molar-refractivity contribution in [3.05, 3.63) is 0 Å². The molecule has 0 aliphatic heterocycles. The maximum atomic E-state index is 9.97. The molecule has 10 heavy (non-hydrogen) atoms. The molecule has 0 aliphatic rings. The predicted molar refractivity (Wildman–Crippen MR) is 42.8 cm³/mol. The molecule has 0 aromatic rings. The number of methoxy groups -OCH3 is 1. The van der Waals surface area contributed by atoms with Gasteiger partial charge in [0.15, 0.2) is 8.46 Å². The van der Waals surface area contributed by atoms with Crippen molar-refractivity contribution >= 4 is 8.46 Å². The monoisotopic (exact) mass is 162 g/mol. The van der Waals surface area contributed by atoms with Gasteiger partial charge in [-0.15, -0.1) is 0 Å². The zero-order chi connectivity index (χ0) is 7.66. The van der Waals surface area contributed by atoms with Gasteiger partial charge in [0.2, 0.25) is 0 Å². The van der Waals surface area contributed by atoms with Gasteiger partial charge in [-0.25, -0.2) is 0 Å². The van der Waals surface area contributed by atoms with Crippen LogP contribution in [0.5, 0.6) is 0 Å². The van der Waals surface area contributed by atoms with E-state index < -0.39 is 0 Å². The molecule has 0 atom stereocenters. The molecular formula is C7H15O2P. The fourth-order valence-corrected chi connectivity index (χ4v) is 1.13. The van der Waals surface area contributed by atoms with Crippen LogP contribution in [0, 0.1) is 0 Å². The van der Waals surface area contributed by atoms with Crippen LogP contribution in [0.2, 0.25) is 0 Å². The molecule has 0 aromatic carbocycles. The summed E-state index contributed by atoms with van der Waals surface area (Å²) in [6.45, 7) is 0.856. The van der Waals surface area contributed by atoms with Crippen molar-refractivity contribution in [1.29, 1.82) is 0 Å². The molecule has 0 unspecified atom stereocenters. The summed E-state index contributed by atoms with van der Waals surface area (Å²) in [5.74, 6) is 0. The number of unbranched alkanes of at least 4 members (excludes halogenated alkanes) is 3. The van der Waals surface area contributed by atoms with Gasteiger partial charge in [-0.2, -0.15) is 0 Å². The van der Waals surface area contributed by atoms with E-state index in [1.54, 1.807) is 7.11 Å². The van der Waals surface area contributed by atoms with Crippen molar-refractivity contribution in [2.45, 2.75) is 25.7 Å². The summed E-state index contributed by atoms with van der Waals surface area (Å²) < 4.78 is 14.9. The third-order valence-corrected chi connectivity index (χ3v) is 1.85. The first kappa shape index (κ1) is 10.1. The Hall–Kier alpha value is 0.0600. The van der Waals surface area contributed by atoms with Crippen molar-refractivity contribution in [2.24, 2.45) is 0 Å². The minimum atomic E-state index is 0.286. The van der Waals surface area contributed by atoms with Crippen LogP contribution < -0.4 is 0 Å². The standard InChI is InChI=1S/C7H15O2P/c1-9-6-4-2-3-5-7-10-8/h2-7H2,1H3. The maximum absolute atomic E-state index is 9.97. The normalized spacial score (nSPS) is 10.5. The van der Waals surface area contributed by atoms with Gasteiger partial charge in [-0.1, -0.05) is 12.8 Å². The van der Waals surface area contributed by atoms with Crippen LogP contribution in [0.3, 0.4) is 0 Å². The lowest BCUT2D eigenvalue weighted by Gasteiger charge is -1.96. The Bertz CT molecular complexity index is 76.0. The number of hydrogen-bond donors (Lipinski definition) is 0. The van der Waals surface area contributed by atoms with E-state index in [2.05, 4.69) is 0 Å². The summed E-state index contributed by atoms with van der Waals surface area (Å²) >= 11 is 0. The average Bonchev–Trinajstić information content (AvgIpc) is 1.97. The number of rotatable bonds is 7. The summed E-state index contributed by atoms with van der Waals surface area (Å²) in [5.41, 5.74) is 0. The molecule has 3 heteroatoms. The van der Waals surface area contributed by atoms with Crippen LogP contribution in [-0.2, 0) is 9.30 Å². The van der Waals surface area contributed by atoms with Crippen molar-refractivity contribution < 1.29 is 9.30 Å². The highest BCUT2D eigenvalue weighted by Crippen LogP contribution is 2.03. The molecule has 60 valence electrons. The SMILES string of the molecule is COCCCCCCP=O. The average molecular weight is 162 g/mol. The van der Waals surface area contributed by atoms with Gasteiger partial charge >= 0.3 is 0 Å². The highest BCUT2D eigenvalue weighted by atomic mass is 31.1. The van der Waals surface area contributed by atoms with Gasteiger partial charge < -0.3 is 4.74 Å². The van der Waals surface area contributed by atoms with Crippen LogP contribution in [0.1, 0.15) is 25.7 Å². The molecule has 0 aromatic heterocycles. The third-order valence-electron chi connectivity index (χ3n) is 1.35. The van der Waals surface area contributed by atoms with Crippen LogP contribution in [0.4, 0.5) is 0 Å². The van der Waals surface area contributed by atoms with Gasteiger partial charge in [-0.05, 0) is 12.8 Å². The summed E-state index contributed by atoms with van der Waals surface area (Å²) in [6, 6.07) is 0. The van der Waals surface area contributed by atoms with Crippen LogP contribution >= 0.6 is 8.46 Å². The Kier molecular flexibility index (Phi) is 9.11. The highest BCUT2D eigenvalue weighted by Gasteiger charge is 1.88. The van der Waals surface area contributed by atoms with Gasteiger partial charge in [0.05, 0.1) is 0 Å². The molecule has 0 heterocycles. The first-order valence-corrected chi connectivity index (χ1v) is 4.69. The third kappa shape index (κ3) is 8.06. The molecule has 0 spiro atoms. The second-order valence-electron chi connectivity index (χ2n) is 2.26. The Morgan fingerprint density at radius 2 is 1.90 bits per heavy atom. The van der Waals surface area contributed by atoms with E-state index in [9.17, 15) is 4.57 Å². The minimum Gasteiger partial charge on any atom is -0.385 e. The zero-order valence-electron chi connectivity index (χ0n) is 6.51. The molecule has 0 bridgehead atoms. The molecule has 0 radical (unpaired) electrons. The van der Waals surface area contributed by atoms with Gasteiger partial charge in [-0.3, -0.25) is 4.57 Å². The van der Waals surface area contributed by atoms with Gasteiger partial charge in [0, 0.05) is 19.9 Å². The Balaban J connectivity index is 2.70. The molecule has 0 aliphatic carbocycles. The molecule has 0 amide bonds. The van der Waals surface area contributed by atoms with E-state index in [0.29, 0.717) is 0 Å². The predicted octanol–water partition coefficient (Wildman–Crippen LogP) is 2.48.